The van der Waals surface area contributed by atoms with Gasteiger partial charge in [-0.1, -0.05) is 36.6 Å². The fourth-order valence-electron chi connectivity index (χ4n) is 2.95. The summed E-state index contributed by atoms with van der Waals surface area (Å²) in [5.41, 5.74) is 7.47. The maximum atomic E-state index is 12.4. The molecule has 28 heavy (non-hydrogen) atoms. The molecule has 0 saturated heterocycles. The van der Waals surface area contributed by atoms with Crippen LogP contribution in [0.5, 0.6) is 0 Å². The summed E-state index contributed by atoms with van der Waals surface area (Å²) < 4.78 is 41.4. The zero-order valence-electron chi connectivity index (χ0n) is 16.0. The molecule has 9 heteroatoms. The van der Waals surface area contributed by atoms with Gasteiger partial charge in [0.2, 0.25) is 5.91 Å². The lowest BCUT2D eigenvalue weighted by Gasteiger charge is -2.18. The molecule has 1 amide bonds. The number of unbranched alkanes of at least 4 members (excludes halogenated alkanes) is 3. The van der Waals surface area contributed by atoms with Crippen molar-refractivity contribution in [1.29, 1.82) is 0 Å². The Balaban J connectivity index is 1.77. The normalized spacial score (nSPS) is 12.8. The highest BCUT2D eigenvalue weighted by Crippen LogP contribution is 2.28. The highest BCUT2D eigenvalue weighted by atomic mass is 19.4. The number of aromatic nitrogens is 2. The zero-order valence-corrected chi connectivity index (χ0v) is 16.0. The minimum absolute atomic E-state index is 0.0582. The van der Waals surface area contributed by atoms with Crippen molar-refractivity contribution in [1.82, 2.24) is 10.1 Å². The molecule has 2 rings (SSSR count). The number of alkyl halides is 3. The Kier molecular flexibility index (Phi) is 7.42. The maximum absolute atomic E-state index is 12.4. The molecular formula is C19H25F3N4O2. The predicted octanol–water partition coefficient (Wildman–Crippen LogP) is 3.92. The number of benzene rings is 1. The molecule has 0 fully saturated rings. The number of amides is 1. The lowest BCUT2D eigenvalue weighted by Crippen LogP contribution is -2.22. The topological polar surface area (TPSA) is 85.2 Å². The fourth-order valence-corrected chi connectivity index (χ4v) is 2.95. The van der Waals surface area contributed by atoms with Gasteiger partial charge in [0.1, 0.15) is 0 Å². The number of aryl methyl sites for hydroxylation is 1. The van der Waals surface area contributed by atoms with Crippen molar-refractivity contribution in [2.75, 3.05) is 19.0 Å². The average molecular weight is 398 g/mol. The van der Waals surface area contributed by atoms with Gasteiger partial charge >= 0.3 is 12.1 Å². The van der Waals surface area contributed by atoms with Gasteiger partial charge in [-0.05, 0) is 30.5 Å². The summed E-state index contributed by atoms with van der Waals surface area (Å²) in [7, 11) is 3.86. The highest BCUT2D eigenvalue weighted by molar-refractivity contribution is 5.82. The molecular weight excluding hydrogens is 373 g/mol. The van der Waals surface area contributed by atoms with E-state index in [1.165, 1.54) is 0 Å². The number of carbonyl (C=O) groups excluding carboxylic acids is 1. The van der Waals surface area contributed by atoms with Gasteiger partial charge in [-0.25, -0.2) is 0 Å². The van der Waals surface area contributed by atoms with Crippen LogP contribution in [0.25, 0.3) is 0 Å². The van der Waals surface area contributed by atoms with Crippen molar-refractivity contribution in [2.45, 2.75) is 50.6 Å². The van der Waals surface area contributed by atoms with Crippen LogP contribution in [-0.4, -0.2) is 30.1 Å². The number of hydrogen-bond donors (Lipinski definition) is 1. The number of halogens is 3. The smallest absolute Gasteiger partial charge is 0.378 e. The van der Waals surface area contributed by atoms with Gasteiger partial charge in [-0.2, -0.15) is 18.2 Å². The van der Waals surface area contributed by atoms with Crippen molar-refractivity contribution in [3.05, 3.63) is 41.5 Å². The Morgan fingerprint density at radius 1 is 1.21 bits per heavy atom. The van der Waals surface area contributed by atoms with E-state index in [0.29, 0.717) is 19.3 Å². The summed E-state index contributed by atoms with van der Waals surface area (Å²) in [5.74, 6) is -1.97. The second kappa shape index (κ2) is 9.57. The number of nitrogens with two attached hydrogens (primary N) is 1. The Hall–Kier alpha value is -2.58. The lowest BCUT2D eigenvalue weighted by molar-refractivity contribution is -0.159. The second-order valence-electron chi connectivity index (χ2n) is 6.91. The van der Waals surface area contributed by atoms with Crippen LogP contribution in [0, 0.1) is 0 Å². The van der Waals surface area contributed by atoms with E-state index >= 15 is 0 Å². The Morgan fingerprint density at radius 2 is 1.93 bits per heavy atom. The molecule has 0 aliphatic heterocycles. The molecule has 0 saturated carbocycles. The van der Waals surface area contributed by atoms with Gasteiger partial charge in [0.25, 0.3) is 0 Å². The van der Waals surface area contributed by atoms with Gasteiger partial charge in [-0.3, -0.25) is 4.79 Å². The number of primary amides is 1. The first-order chi connectivity index (χ1) is 13.2. The first-order valence-electron chi connectivity index (χ1n) is 9.15. The van der Waals surface area contributed by atoms with Crippen molar-refractivity contribution in [3.8, 4) is 0 Å². The summed E-state index contributed by atoms with van der Waals surface area (Å²) in [4.78, 5) is 17.2. The van der Waals surface area contributed by atoms with Crippen molar-refractivity contribution < 1.29 is 22.5 Å². The molecule has 6 nitrogen and oxygen atoms in total. The van der Waals surface area contributed by atoms with Gasteiger partial charge in [0.05, 0.1) is 5.92 Å². The largest absolute Gasteiger partial charge is 0.471 e. The van der Waals surface area contributed by atoms with Gasteiger partial charge < -0.3 is 15.2 Å². The van der Waals surface area contributed by atoms with Crippen LogP contribution in [0.2, 0.25) is 0 Å². The Labute approximate surface area is 161 Å². The Morgan fingerprint density at radius 3 is 2.54 bits per heavy atom. The minimum Gasteiger partial charge on any atom is -0.378 e. The van der Waals surface area contributed by atoms with E-state index in [4.69, 9.17) is 5.73 Å². The number of carbonyl (C=O) groups is 1. The van der Waals surface area contributed by atoms with E-state index in [0.717, 1.165) is 30.5 Å². The van der Waals surface area contributed by atoms with Gasteiger partial charge in [-0.15, -0.1) is 0 Å². The average Bonchev–Trinajstić information content (AvgIpc) is 3.10. The van der Waals surface area contributed by atoms with Crippen LogP contribution in [0.1, 0.15) is 55.3 Å². The first kappa shape index (κ1) is 21.7. The van der Waals surface area contributed by atoms with Crippen molar-refractivity contribution >= 4 is 11.6 Å². The van der Waals surface area contributed by atoms with E-state index in [1.807, 2.05) is 43.3 Å². The monoisotopic (exact) mass is 398 g/mol. The molecule has 0 radical (unpaired) electrons. The van der Waals surface area contributed by atoms with Gasteiger partial charge in [0.15, 0.2) is 5.82 Å². The van der Waals surface area contributed by atoms with Crippen LogP contribution in [-0.2, 0) is 17.4 Å². The van der Waals surface area contributed by atoms with E-state index < -0.39 is 12.1 Å². The predicted molar refractivity (Wildman–Crippen MR) is 98.8 cm³/mol. The van der Waals surface area contributed by atoms with Crippen LogP contribution in [0.4, 0.5) is 18.9 Å². The molecule has 2 N–H and O–H groups in total. The summed E-state index contributed by atoms with van der Waals surface area (Å²) in [6, 6.07) is 7.73. The molecule has 1 aromatic heterocycles. The number of anilines is 1. The molecule has 1 aromatic carbocycles. The fraction of sp³-hybridized carbons (Fsp3) is 0.526. The van der Waals surface area contributed by atoms with E-state index in [2.05, 4.69) is 14.7 Å². The Bertz CT molecular complexity index is 775. The molecule has 1 unspecified atom stereocenters. The second-order valence-corrected chi connectivity index (χ2v) is 6.91. The molecule has 1 heterocycles. The number of hydrogen-bond acceptors (Lipinski definition) is 5. The first-order valence-corrected chi connectivity index (χ1v) is 9.15. The van der Waals surface area contributed by atoms with Crippen LogP contribution in [0.15, 0.2) is 28.8 Å². The summed E-state index contributed by atoms with van der Waals surface area (Å²) in [6.45, 7) is 0. The minimum atomic E-state index is -4.61. The third kappa shape index (κ3) is 6.24. The molecule has 1 atom stereocenters. The maximum Gasteiger partial charge on any atom is 0.471 e. The molecule has 0 aliphatic rings. The summed E-state index contributed by atoms with van der Waals surface area (Å²) >= 11 is 0. The molecule has 0 bridgehead atoms. The summed E-state index contributed by atoms with van der Waals surface area (Å²) in [6.07, 6.45) is -0.594. The van der Waals surface area contributed by atoms with E-state index in [9.17, 15) is 18.0 Å². The van der Waals surface area contributed by atoms with Crippen LogP contribution in [0.3, 0.4) is 0 Å². The number of rotatable bonds is 10. The molecule has 0 spiro atoms. The van der Waals surface area contributed by atoms with Gasteiger partial charge in [0, 0.05) is 26.2 Å². The SMILES string of the molecule is CN(C)c1cccc(C(CCCCCCc2noc(C(F)(F)F)n2)C(N)=O)c1. The van der Waals surface area contributed by atoms with Crippen LogP contribution < -0.4 is 10.6 Å². The zero-order chi connectivity index (χ0) is 20.7. The summed E-state index contributed by atoms with van der Waals surface area (Å²) in [5, 5.41) is 3.34. The van der Waals surface area contributed by atoms with Crippen molar-refractivity contribution in [3.63, 3.8) is 0 Å². The van der Waals surface area contributed by atoms with E-state index in [-0.39, 0.29) is 17.6 Å². The number of nitrogens with zero attached hydrogens (tertiary/aromatic N) is 3. The van der Waals surface area contributed by atoms with Crippen molar-refractivity contribution in [2.24, 2.45) is 5.73 Å². The molecule has 0 aliphatic carbocycles. The standard InChI is InChI=1S/C19H25F3N4O2/c1-26(2)14-9-7-8-13(12-14)15(17(23)27)10-5-3-4-6-11-16-24-18(28-25-16)19(20,21)22/h7-9,12,15H,3-6,10-11H2,1-2H3,(H2,23,27). The highest BCUT2D eigenvalue weighted by Gasteiger charge is 2.38. The lowest BCUT2D eigenvalue weighted by atomic mass is 9.92. The molecule has 154 valence electrons. The van der Waals surface area contributed by atoms with E-state index in [1.54, 1.807) is 0 Å². The van der Waals surface area contributed by atoms with Crippen LogP contribution >= 0.6 is 0 Å². The quantitative estimate of drug-likeness (QED) is 0.613. The molecule has 2 aromatic rings. The third-order valence-electron chi connectivity index (χ3n) is 4.49. The third-order valence-corrected chi connectivity index (χ3v) is 4.49.